The predicted octanol–water partition coefficient (Wildman–Crippen LogP) is 3.95. The number of aromatic nitrogens is 1. The lowest BCUT2D eigenvalue weighted by atomic mass is 10.2. The third-order valence-electron chi connectivity index (χ3n) is 3.20. The molecule has 0 aliphatic rings. The van der Waals surface area contributed by atoms with E-state index in [1.54, 1.807) is 42.6 Å². The standard InChI is InChI=1S/C18H15NO4S/c1-14-5-11-17(12-6-14)24(20,21)23-16-9-7-15(8-10-16)22-18-4-2-3-13-19-18/h2-13H,1H3. The average Bonchev–Trinajstić information content (AvgIpc) is 2.58. The van der Waals surface area contributed by atoms with Crippen LogP contribution in [0.15, 0.2) is 77.8 Å². The van der Waals surface area contributed by atoms with Gasteiger partial charge in [-0.1, -0.05) is 23.8 Å². The van der Waals surface area contributed by atoms with E-state index in [9.17, 15) is 8.42 Å². The molecule has 0 atom stereocenters. The summed E-state index contributed by atoms with van der Waals surface area (Å²) in [4.78, 5) is 4.17. The third-order valence-corrected chi connectivity index (χ3v) is 4.46. The summed E-state index contributed by atoms with van der Waals surface area (Å²) in [5.41, 5.74) is 0.977. The molecule has 6 heteroatoms. The molecule has 0 aliphatic carbocycles. The fourth-order valence-corrected chi connectivity index (χ4v) is 2.90. The Morgan fingerprint density at radius 1 is 0.833 bits per heavy atom. The summed E-state index contributed by atoms with van der Waals surface area (Å²) in [6.45, 7) is 1.89. The summed E-state index contributed by atoms with van der Waals surface area (Å²) >= 11 is 0. The Morgan fingerprint density at radius 3 is 2.12 bits per heavy atom. The highest BCUT2D eigenvalue weighted by molar-refractivity contribution is 7.87. The lowest BCUT2D eigenvalue weighted by Gasteiger charge is -2.08. The van der Waals surface area contributed by atoms with Gasteiger partial charge in [0.15, 0.2) is 0 Å². The summed E-state index contributed by atoms with van der Waals surface area (Å²) in [7, 11) is -3.85. The Hall–Kier alpha value is -2.86. The van der Waals surface area contributed by atoms with Gasteiger partial charge in [0.25, 0.3) is 0 Å². The molecule has 122 valence electrons. The predicted molar refractivity (Wildman–Crippen MR) is 89.7 cm³/mol. The van der Waals surface area contributed by atoms with Gasteiger partial charge in [0.1, 0.15) is 16.4 Å². The Kier molecular flexibility index (Phi) is 4.48. The Bertz CT molecular complexity index is 905. The highest BCUT2D eigenvalue weighted by Crippen LogP contribution is 2.24. The first-order valence-electron chi connectivity index (χ1n) is 7.23. The Labute approximate surface area is 140 Å². The fraction of sp³-hybridized carbons (Fsp3) is 0.0556. The first-order chi connectivity index (χ1) is 11.5. The van der Waals surface area contributed by atoms with E-state index in [1.807, 2.05) is 13.0 Å². The minimum Gasteiger partial charge on any atom is -0.439 e. The van der Waals surface area contributed by atoms with E-state index >= 15 is 0 Å². The van der Waals surface area contributed by atoms with Gasteiger partial charge in [-0.2, -0.15) is 8.42 Å². The maximum absolute atomic E-state index is 12.2. The molecule has 0 N–H and O–H groups in total. The molecule has 5 nitrogen and oxygen atoms in total. The van der Waals surface area contributed by atoms with Crippen molar-refractivity contribution in [3.63, 3.8) is 0 Å². The van der Waals surface area contributed by atoms with E-state index in [-0.39, 0.29) is 10.6 Å². The molecule has 1 heterocycles. The second kappa shape index (κ2) is 6.72. The van der Waals surface area contributed by atoms with Crippen molar-refractivity contribution in [1.82, 2.24) is 4.98 Å². The minimum atomic E-state index is -3.85. The molecule has 1 aromatic heterocycles. The van der Waals surface area contributed by atoms with E-state index in [1.165, 1.54) is 24.3 Å². The molecule has 0 aliphatic heterocycles. The number of nitrogens with zero attached hydrogens (tertiary/aromatic N) is 1. The maximum atomic E-state index is 12.2. The van der Waals surface area contributed by atoms with Crippen molar-refractivity contribution in [3.8, 4) is 17.4 Å². The van der Waals surface area contributed by atoms with Crippen LogP contribution in [0, 0.1) is 6.92 Å². The van der Waals surface area contributed by atoms with Crippen LogP contribution < -0.4 is 8.92 Å². The van der Waals surface area contributed by atoms with Crippen molar-refractivity contribution in [2.75, 3.05) is 0 Å². The van der Waals surface area contributed by atoms with Gasteiger partial charge < -0.3 is 8.92 Å². The maximum Gasteiger partial charge on any atom is 0.339 e. The van der Waals surface area contributed by atoms with Crippen LogP contribution in [0.3, 0.4) is 0 Å². The van der Waals surface area contributed by atoms with Gasteiger partial charge in [-0.15, -0.1) is 0 Å². The summed E-state index contributed by atoms with van der Waals surface area (Å²) in [5.74, 6) is 1.20. The van der Waals surface area contributed by atoms with Gasteiger partial charge >= 0.3 is 10.1 Å². The summed E-state index contributed by atoms with van der Waals surface area (Å²) in [6, 6.07) is 18.1. The number of ether oxygens (including phenoxy) is 1. The molecule has 0 saturated heterocycles. The summed E-state index contributed by atoms with van der Waals surface area (Å²) < 4.78 is 35.1. The molecule has 0 amide bonds. The molecule has 2 aromatic carbocycles. The lowest BCUT2D eigenvalue weighted by molar-refractivity contribution is 0.459. The average molecular weight is 341 g/mol. The van der Waals surface area contributed by atoms with E-state index in [0.717, 1.165) is 5.56 Å². The van der Waals surface area contributed by atoms with Crippen molar-refractivity contribution in [3.05, 3.63) is 78.5 Å². The van der Waals surface area contributed by atoms with Crippen molar-refractivity contribution in [2.45, 2.75) is 11.8 Å². The van der Waals surface area contributed by atoms with Gasteiger partial charge in [0.05, 0.1) is 0 Å². The van der Waals surface area contributed by atoms with Crippen LogP contribution >= 0.6 is 0 Å². The van der Waals surface area contributed by atoms with Crippen LogP contribution in [-0.2, 0) is 10.1 Å². The Morgan fingerprint density at radius 2 is 1.50 bits per heavy atom. The second-order valence-corrected chi connectivity index (χ2v) is 6.64. The number of hydrogen-bond donors (Lipinski definition) is 0. The highest BCUT2D eigenvalue weighted by Gasteiger charge is 2.16. The second-order valence-electron chi connectivity index (χ2n) is 5.09. The van der Waals surface area contributed by atoms with Gasteiger partial charge in [-0.25, -0.2) is 4.98 Å². The summed E-state index contributed by atoms with van der Waals surface area (Å²) in [5, 5.41) is 0. The molecule has 0 spiro atoms. The number of benzene rings is 2. The smallest absolute Gasteiger partial charge is 0.339 e. The molecule has 0 saturated carbocycles. The number of rotatable bonds is 5. The number of hydrogen-bond acceptors (Lipinski definition) is 5. The number of aryl methyl sites for hydroxylation is 1. The quantitative estimate of drug-likeness (QED) is 0.657. The van der Waals surface area contributed by atoms with Crippen molar-refractivity contribution in [2.24, 2.45) is 0 Å². The first kappa shape index (κ1) is 16.0. The van der Waals surface area contributed by atoms with Crippen molar-refractivity contribution in [1.29, 1.82) is 0 Å². The molecular weight excluding hydrogens is 326 g/mol. The van der Waals surface area contributed by atoms with Crippen molar-refractivity contribution >= 4 is 10.1 Å². The van der Waals surface area contributed by atoms with Crippen LogP contribution in [0.5, 0.6) is 17.4 Å². The fourth-order valence-electron chi connectivity index (χ4n) is 1.97. The van der Waals surface area contributed by atoms with Crippen LogP contribution in [0.4, 0.5) is 0 Å². The van der Waals surface area contributed by atoms with Crippen molar-refractivity contribution < 1.29 is 17.3 Å². The molecule has 24 heavy (non-hydrogen) atoms. The zero-order valence-electron chi connectivity index (χ0n) is 12.9. The third kappa shape index (κ3) is 3.91. The monoisotopic (exact) mass is 341 g/mol. The topological polar surface area (TPSA) is 65.5 Å². The molecule has 0 bridgehead atoms. The van der Waals surface area contributed by atoms with Gasteiger partial charge in [0, 0.05) is 12.3 Å². The van der Waals surface area contributed by atoms with Gasteiger partial charge in [-0.3, -0.25) is 0 Å². The van der Waals surface area contributed by atoms with Crippen LogP contribution in [0.25, 0.3) is 0 Å². The molecular formula is C18H15NO4S. The van der Waals surface area contributed by atoms with E-state index in [4.69, 9.17) is 8.92 Å². The number of pyridine rings is 1. The van der Waals surface area contributed by atoms with Gasteiger partial charge in [-0.05, 0) is 49.4 Å². The van der Waals surface area contributed by atoms with Crippen LogP contribution in [0.1, 0.15) is 5.56 Å². The molecule has 0 fully saturated rings. The SMILES string of the molecule is Cc1ccc(S(=O)(=O)Oc2ccc(Oc3ccccn3)cc2)cc1. The highest BCUT2D eigenvalue weighted by atomic mass is 32.2. The van der Waals surface area contributed by atoms with Crippen LogP contribution in [0.2, 0.25) is 0 Å². The largest absolute Gasteiger partial charge is 0.439 e. The van der Waals surface area contributed by atoms with E-state index in [0.29, 0.717) is 11.6 Å². The van der Waals surface area contributed by atoms with Crippen LogP contribution in [-0.4, -0.2) is 13.4 Å². The molecule has 3 rings (SSSR count). The lowest BCUT2D eigenvalue weighted by Crippen LogP contribution is -2.09. The molecule has 3 aromatic rings. The zero-order valence-corrected chi connectivity index (χ0v) is 13.7. The Balaban J connectivity index is 1.73. The normalized spacial score (nSPS) is 11.0. The zero-order chi connectivity index (χ0) is 17.0. The van der Waals surface area contributed by atoms with Gasteiger partial charge in [0.2, 0.25) is 5.88 Å². The molecule has 0 unspecified atom stereocenters. The van der Waals surface area contributed by atoms with E-state index in [2.05, 4.69) is 4.98 Å². The molecule has 0 radical (unpaired) electrons. The minimum absolute atomic E-state index is 0.113. The first-order valence-corrected chi connectivity index (χ1v) is 8.64. The van der Waals surface area contributed by atoms with E-state index < -0.39 is 10.1 Å². The summed E-state index contributed by atoms with van der Waals surface area (Å²) in [6.07, 6.45) is 1.63.